The van der Waals surface area contributed by atoms with Gasteiger partial charge in [0.1, 0.15) is 17.6 Å². The van der Waals surface area contributed by atoms with Crippen molar-refractivity contribution in [2.24, 2.45) is 0 Å². The van der Waals surface area contributed by atoms with Gasteiger partial charge in [-0.3, -0.25) is 19.4 Å². The van der Waals surface area contributed by atoms with Gasteiger partial charge >= 0.3 is 0 Å². The van der Waals surface area contributed by atoms with Gasteiger partial charge in [0.15, 0.2) is 5.76 Å². The first-order valence-electron chi connectivity index (χ1n) is 15.1. The number of amides is 2. The van der Waals surface area contributed by atoms with Crippen LogP contribution in [0.15, 0.2) is 71.1 Å². The molecule has 2 aliphatic heterocycles. The molecule has 42 heavy (non-hydrogen) atoms. The Morgan fingerprint density at radius 2 is 1.62 bits per heavy atom. The number of piperidine rings is 1. The Kier molecular flexibility index (Phi) is 10.8. The van der Waals surface area contributed by atoms with Gasteiger partial charge in [0.25, 0.3) is 5.91 Å². The summed E-state index contributed by atoms with van der Waals surface area (Å²) in [6, 6.07) is 18.0. The Labute approximate surface area is 247 Å². The van der Waals surface area contributed by atoms with Crippen molar-refractivity contribution in [3.05, 3.63) is 95.2 Å². The molecule has 3 heterocycles. The predicted molar refractivity (Wildman–Crippen MR) is 158 cm³/mol. The van der Waals surface area contributed by atoms with Crippen LogP contribution >= 0.6 is 0 Å². The highest BCUT2D eigenvalue weighted by atomic mass is 19.1. The van der Waals surface area contributed by atoms with E-state index in [-0.39, 0.29) is 17.6 Å². The molecular weight excluding hydrogens is 535 g/mol. The number of rotatable bonds is 12. The molecule has 5 rings (SSSR count). The van der Waals surface area contributed by atoms with E-state index in [2.05, 4.69) is 15.1 Å². The standard InChI is InChI=1S/C33H41FN4O4/c34-28-12-10-27(11-13-28)31(32(39)35-24-26-8-3-1-4-9-26)38(19-7-18-36-20-22-41-23-21-36)33(40)30-15-14-29(42-30)25-37-16-5-2-6-17-37/h1,3-4,8-15,31H,2,5-7,16-25H2,(H,35,39). The number of carbonyl (C=O) groups excluding carboxylic acids is 2. The molecule has 1 aromatic heterocycles. The van der Waals surface area contributed by atoms with Crippen LogP contribution in [0.3, 0.4) is 0 Å². The molecule has 1 unspecified atom stereocenters. The SMILES string of the molecule is O=C(NCc1ccccc1)C(c1ccc(F)cc1)N(CCCN1CCOCC1)C(=O)c1ccc(CN2CCCCC2)o1. The number of hydrogen-bond acceptors (Lipinski definition) is 6. The third-order valence-corrected chi connectivity index (χ3v) is 7.99. The molecule has 2 aliphatic rings. The third-order valence-electron chi connectivity index (χ3n) is 7.99. The number of furan rings is 1. The highest BCUT2D eigenvalue weighted by Crippen LogP contribution is 2.26. The van der Waals surface area contributed by atoms with E-state index in [1.165, 1.54) is 31.4 Å². The van der Waals surface area contributed by atoms with E-state index in [4.69, 9.17) is 9.15 Å². The summed E-state index contributed by atoms with van der Waals surface area (Å²) in [4.78, 5) is 34.2. The van der Waals surface area contributed by atoms with Crippen molar-refractivity contribution in [1.29, 1.82) is 0 Å². The molecule has 0 radical (unpaired) electrons. The summed E-state index contributed by atoms with van der Waals surface area (Å²) >= 11 is 0. The van der Waals surface area contributed by atoms with E-state index in [0.717, 1.165) is 44.0 Å². The molecule has 0 saturated carbocycles. The van der Waals surface area contributed by atoms with Crippen LogP contribution in [0.5, 0.6) is 0 Å². The number of ether oxygens (including phenoxy) is 1. The third kappa shape index (κ3) is 8.27. The lowest BCUT2D eigenvalue weighted by atomic mass is 10.0. The Hall–Kier alpha value is -3.53. The summed E-state index contributed by atoms with van der Waals surface area (Å²) in [5, 5.41) is 3.01. The van der Waals surface area contributed by atoms with Gasteiger partial charge in [0.05, 0.1) is 19.8 Å². The lowest BCUT2D eigenvalue weighted by Gasteiger charge is -2.32. The van der Waals surface area contributed by atoms with Gasteiger partial charge in [-0.05, 0) is 67.7 Å². The largest absolute Gasteiger partial charge is 0.455 e. The molecule has 0 spiro atoms. The van der Waals surface area contributed by atoms with E-state index < -0.39 is 11.9 Å². The van der Waals surface area contributed by atoms with E-state index in [9.17, 15) is 14.0 Å². The zero-order valence-electron chi connectivity index (χ0n) is 24.2. The van der Waals surface area contributed by atoms with E-state index in [1.54, 1.807) is 23.1 Å². The number of hydrogen-bond donors (Lipinski definition) is 1. The summed E-state index contributed by atoms with van der Waals surface area (Å²) in [6.45, 7) is 7.17. The lowest BCUT2D eigenvalue weighted by Crippen LogP contribution is -2.45. The topological polar surface area (TPSA) is 78.3 Å². The molecule has 9 heteroatoms. The molecule has 0 bridgehead atoms. The van der Waals surface area contributed by atoms with Crippen molar-refractivity contribution in [3.8, 4) is 0 Å². The zero-order chi connectivity index (χ0) is 29.1. The van der Waals surface area contributed by atoms with Crippen molar-refractivity contribution >= 4 is 11.8 Å². The van der Waals surface area contributed by atoms with Crippen LogP contribution < -0.4 is 5.32 Å². The number of nitrogens with one attached hydrogen (secondary N) is 1. The molecule has 2 fully saturated rings. The number of likely N-dealkylation sites (tertiary alicyclic amines) is 1. The number of halogens is 1. The first-order chi connectivity index (χ1) is 20.6. The van der Waals surface area contributed by atoms with Crippen LogP contribution in [-0.4, -0.2) is 79.0 Å². The maximum atomic E-state index is 14.1. The van der Waals surface area contributed by atoms with Crippen molar-refractivity contribution in [3.63, 3.8) is 0 Å². The van der Waals surface area contributed by atoms with Crippen LogP contribution in [0, 0.1) is 5.82 Å². The molecule has 2 aromatic carbocycles. The minimum Gasteiger partial charge on any atom is -0.455 e. The fourth-order valence-electron chi connectivity index (χ4n) is 5.69. The Balaban J connectivity index is 1.38. The summed E-state index contributed by atoms with van der Waals surface area (Å²) in [6.07, 6.45) is 4.24. The highest BCUT2D eigenvalue weighted by molar-refractivity contribution is 5.96. The average molecular weight is 577 g/mol. The fraction of sp³-hybridized carbons (Fsp3) is 0.455. The normalized spacial score (nSPS) is 17.1. The predicted octanol–water partition coefficient (Wildman–Crippen LogP) is 4.63. The van der Waals surface area contributed by atoms with Crippen molar-refractivity contribution < 1.29 is 23.1 Å². The monoisotopic (exact) mass is 576 g/mol. The van der Waals surface area contributed by atoms with Crippen molar-refractivity contribution in [2.45, 2.75) is 44.8 Å². The van der Waals surface area contributed by atoms with Gasteiger partial charge < -0.3 is 19.4 Å². The Bertz CT molecular complexity index is 1270. The molecule has 1 N–H and O–H groups in total. The smallest absolute Gasteiger partial charge is 0.290 e. The summed E-state index contributed by atoms with van der Waals surface area (Å²) < 4.78 is 25.5. The summed E-state index contributed by atoms with van der Waals surface area (Å²) in [5.74, 6) is -0.145. The first kappa shape index (κ1) is 29.9. The Morgan fingerprint density at radius 1 is 0.881 bits per heavy atom. The van der Waals surface area contributed by atoms with Gasteiger partial charge in [0, 0.05) is 32.7 Å². The lowest BCUT2D eigenvalue weighted by molar-refractivity contribution is -0.126. The van der Waals surface area contributed by atoms with Crippen LogP contribution in [0.2, 0.25) is 0 Å². The second-order valence-corrected chi connectivity index (χ2v) is 11.1. The summed E-state index contributed by atoms with van der Waals surface area (Å²) in [5.41, 5.74) is 1.49. The van der Waals surface area contributed by atoms with Crippen molar-refractivity contribution in [2.75, 3.05) is 52.5 Å². The van der Waals surface area contributed by atoms with Crippen molar-refractivity contribution in [1.82, 2.24) is 20.0 Å². The van der Waals surface area contributed by atoms with Crippen LogP contribution in [0.1, 0.15) is 59.2 Å². The van der Waals surface area contributed by atoms with Gasteiger partial charge in [-0.1, -0.05) is 48.9 Å². The molecule has 2 saturated heterocycles. The molecule has 2 amide bonds. The molecule has 0 aliphatic carbocycles. The maximum absolute atomic E-state index is 14.1. The molecule has 224 valence electrons. The van der Waals surface area contributed by atoms with Crippen LogP contribution in [0.25, 0.3) is 0 Å². The minimum atomic E-state index is -0.956. The average Bonchev–Trinajstić information content (AvgIpc) is 3.50. The number of carbonyl (C=O) groups is 2. The highest BCUT2D eigenvalue weighted by Gasteiger charge is 2.33. The number of morpholine rings is 1. The molecule has 8 nitrogen and oxygen atoms in total. The van der Waals surface area contributed by atoms with E-state index >= 15 is 0 Å². The van der Waals surface area contributed by atoms with E-state index in [0.29, 0.717) is 44.8 Å². The molecular formula is C33H41FN4O4. The quantitative estimate of drug-likeness (QED) is 0.339. The van der Waals surface area contributed by atoms with Gasteiger partial charge in [-0.15, -0.1) is 0 Å². The second kappa shape index (κ2) is 15.1. The first-order valence-corrected chi connectivity index (χ1v) is 15.1. The van der Waals surface area contributed by atoms with Crippen LogP contribution in [-0.2, 0) is 22.6 Å². The van der Waals surface area contributed by atoms with Gasteiger partial charge in [0.2, 0.25) is 5.91 Å². The summed E-state index contributed by atoms with van der Waals surface area (Å²) in [7, 11) is 0. The second-order valence-electron chi connectivity index (χ2n) is 11.1. The number of benzene rings is 2. The molecule has 3 aromatic rings. The van der Waals surface area contributed by atoms with Gasteiger partial charge in [-0.2, -0.15) is 0 Å². The minimum absolute atomic E-state index is 0.205. The number of nitrogens with zero attached hydrogens (tertiary/aromatic N) is 3. The van der Waals surface area contributed by atoms with Gasteiger partial charge in [-0.25, -0.2) is 4.39 Å². The molecule has 1 atom stereocenters. The van der Waals surface area contributed by atoms with E-state index in [1.807, 2.05) is 36.4 Å². The zero-order valence-corrected chi connectivity index (χ0v) is 24.2. The maximum Gasteiger partial charge on any atom is 0.290 e. The Morgan fingerprint density at radius 3 is 2.36 bits per heavy atom. The van der Waals surface area contributed by atoms with Crippen LogP contribution in [0.4, 0.5) is 4.39 Å². The fourth-order valence-corrected chi connectivity index (χ4v) is 5.69.